The van der Waals surface area contributed by atoms with Crippen LogP contribution >= 0.6 is 0 Å². The van der Waals surface area contributed by atoms with E-state index in [1.165, 1.54) is 0 Å². The van der Waals surface area contributed by atoms with E-state index in [2.05, 4.69) is 15.6 Å². The standard InChI is InChI=1S/C17H21N3O3/c1-22-15-9-13(10-16(11-15)23-2)12-20-17(21)19-8-6-14-5-3-4-7-18-14/h3-5,7,9-11H,6,8,12H2,1-2H3,(H2,19,20,21). The fourth-order valence-corrected chi connectivity index (χ4v) is 2.06. The summed E-state index contributed by atoms with van der Waals surface area (Å²) in [6.45, 7) is 0.924. The number of methoxy groups -OCH3 is 2. The fourth-order valence-electron chi connectivity index (χ4n) is 2.06. The molecule has 0 aliphatic heterocycles. The topological polar surface area (TPSA) is 72.5 Å². The first-order valence-corrected chi connectivity index (χ1v) is 7.35. The minimum atomic E-state index is -0.220. The highest BCUT2D eigenvalue weighted by Gasteiger charge is 2.04. The summed E-state index contributed by atoms with van der Waals surface area (Å²) in [5.41, 5.74) is 1.85. The third-order valence-electron chi connectivity index (χ3n) is 3.26. The van der Waals surface area contributed by atoms with Gasteiger partial charge in [-0.1, -0.05) is 6.07 Å². The molecule has 2 amide bonds. The number of aromatic nitrogens is 1. The molecule has 1 aromatic heterocycles. The number of nitrogens with one attached hydrogen (secondary N) is 2. The Kier molecular flexibility index (Phi) is 6.23. The van der Waals surface area contributed by atoms with Gasteiger partial charge in [-0.05, 0) is 29.8 Å². The second-order valence-electron chi connectivity index (χ2n) is 4.90. The summed E-state index contributed by atoms with van der Waals surface area (Å²) in [6.07, 6.45) is 2.44. The van der Waals surface area contributed by atoms with Crippen molar-refractivity contribution < 1.29 is 14.3 Å². The summed E-state index contributed by atoms with van der Waals surface area (Å²) in [4.78, 5) is 16.0. The Bertz CT molecular complexity index is 610. The second kappa shape index (κ2) is 8.63. The molecular formula is C17H21N3O3. The lowest BCUT2D eigenvalue weighted by Gasteiger charge is -2.10. The first-order chi connectivity index (χ1) is 11.2. The van der Waals surface area contributed by atoms with Gasteiger partial charge in [0.2, 0.25) is 0 Å². The van der Waals surface area contributed by atoms with E-state index < -0.39 is 0 Å². The Labute approximate surface area is 135 Å². The zero-order valence-corrected chi connectivity index (χ0v) is 13.3. The highest BCUT2D eigenvalue weighted by Crippen LogP contribution is 2.22. The van der Waals surface area contributed by atoms with Crippen molar-refractivity contribution in [3.8, 4) is 11.5 Å². The van der Waals surface area contributed by atoms with Crippen LogP contribution in [0.3, 0.4) is 0 Å². The van der Waals surface area contributed by atoms with Gasteiger partial charge in [-0.25, -0.2) is 4.79 Å². The number of hydrogen-bond acceptors (Lipinski definition) is 4. The molecule has 6 nitrogen and oxygen atoms in total. The Morgan fingerprint density at radius 3 is 2.43 bits per heavy atom. The van der Waals surface area contributed by atoms with Gasteiger partial charge in [0, 0.05) is 37.5 Å². The van der Waals surface area contributed by atoms with Crippen molar-refractivity contribution in [2.75, 3.05) is 20.8 Å². The van der Waals surface area contributed by atoms with E-state index >= 15 is 0 Å². The van der Waals surface area contributed by atoms with Crippen LogP contribution < -0.4 is 20.1 Å². The third kappa shape index (κ3) is 5.50. The maximum Gasteiger partial charge on any atom is 0.315 e. The molecule has 0 bridgehead atoms. The van der Waals surface area contributed by atoms with Crippen molar-refractivity contribution in [2.45, 2.75) is 13.0 Å². The summed E-state index contributed by atoms with van der Waals surface area (Å²) in [7, 11) is 3.19. The molecule has 0 radical (unpaired) electrons. The normalized spacial score (nSPS) is 10.0. The predicted octanol–water partition coefficient (Wildman–Crippen LogP) is 2.14. The maximum absolute atomic E-state index is 11.8. The fraction of sp³-hybridized carbons (Fsp3) is 0.294. The quantitative estimate of drug-likeness (QED) is 0.821. The van der Waals surface area contributed by atoms with Crippen LogP contribution in [0.1, 0.15) is 11.3 Å². The largest absolute Gasteiger partial charge is 0.497 e. The van der Waals surface area contributed by atoms with Crippen LogP contribution in [-0.2, 0) is 13.0 Å². The number of ether oxygens (including phenoxy) is 2. The minimum Gasteiger partial charge on any atom is -0.497 e. The molecule has 2 N–H and O–H groups in total. The van der Waals surface area contributed by atoms with Crippen molar-refractivity contribution in [3.63, 3.8) is 0 Å². The summed E-state index contributed by atoms with van der Waals surface area (Å²) < 4.78 is 10.4. The summed E-state index contributed by atoms with van der Waals surface area (Å²) >= 11 is 0. The van der Waals surface area contributed by atoms with Crippen molar-refractivity contribution in [2.24, 2.45) is 0 Å². The molecule has 0 saturated carbocycles. The molecule has 0 fully saturated rings. The molecule has 2 rings (SSSR count). The number of carbonyl (C=O) groups is 1. The van der Waals surface area contributed by atoms with Crippen LogP contribution in [0.15, 0.2) is 42.6 Å². The lowest BCUT2D eigenvalue weighted by Crippen LogP contribution is -2.36. The van der Waals surface area contributed by atoms with Gasteiger partial charge in [0.25, 0.3) is 0 Å². The maximum atomic E-state index is 11.8. The average molecular weight is 315 g/mol. The van der Waals surface area contributed by atoms with Gasteiger partial charge in [0.1, 0.15) is 11.5 Å². The van der Waals surface area contributed by atoms with E-state index in [9.17, 15) is 4.79 Å². The second-order valence-corrected chi connectivity index (χ2v) is 4.90. The van der Waals surface area contributed by atoms with Crippen LogP contribution in [-0.4, -0.2) is 31.8 Å². The van der Waals surface area contributed by atoms with Crippen LogP contribution in [0, 0.1) is 0 Å². The van der Waals surface area contributed by atoms with E-state index in [4.69, 9.17) is 9.47 Å². The molecule has 1 heterocycles. The number of hydrogen-bond donors (Lipinski definition) is 2. The zero-order chi connectivity index (χ0) is 16.5. The van der Waals surface area contributed by atoms with E-state index in [0.717, 1.165) is 11.3 Å². The highest BCUT2D eigenvalue weighted by atomic mass is 16.5. The average Bonchev–Trinajstić information content (AvgIpc) is 2.60. The molecule has 1 aromatic carbocycles. The van der Waals surface area contributed by atoms with E-state index in [0.29, 0.717) is 31.0 Å². The number of benzene rings is 1. The minimum absolute atomic E-state index is 0.220. The van der Waals surface area contributed by atoms with Crippen LogP contribution in [0.4, 0.5) is 4.79 Å². The lowest BCUT2D eigenvalue weighted by atomic mass is 10.2. The number of nitrogens with zero attached hydrogens (tertiary/aromatic N) is 1. The van der Waals surface area contributed by atoms with Crippen molar-refractivity contribution >= 4 is 6.03 Å². The number of urea groups is 1. The van der Waals surface area contributed by atoms with E-state index in [-0.39, 0.29) is 6.03 Å². The molecule has 0 saturated heterocycles. The van der Waals surface area contributed by atoms with Gasteiger partial charge in [-0.15, -0.1) is 0 Å². The molecule has 23 heavy (non-hydrogen) atoms. The van der Waals surface area contributed by atoms with Crippen molar-refractivity contribution in [3.05, 3.63) is 53.9 Å². The monoisotopic (exact) mass is 315 g/mol. The van der Waals surface area contributed by atoms with Crippen molar-refractivity contribution in [1.82, 2.24) is 15.6 Å². The third-order valence-corrected chi connectivity index (χ3v) is 3.26. The molecule has 2 aromatic rings. The molecule has 0 unspecified atom stereocenters. The molecule has 0 atom stereocenters. The Hall–Kier alpha value is -2.76. The number of pyridine rings is 1. The number of rotatable bonds is 7. The van der Waals surface area contributed by atoms with E-state index in [1.54, 1.807) is 26.5 Å². The van der Waals surface area contributed by atoms with Crippen LogP contribution in [0.25, 0.3) is 0 Å². The van der Waals surface area contributed by atoms with Gasteiger partial charge < -0.3 is 20.1 Å². The molecule has 0 aliphatic rings. The SMILES string of the molecule is COc1cc(CNC(=O)NCCc2ccccn2)cc(OC)c1. The van der Waals surface area contributed by atoms with Crippen LogP contribution in [0.2, 0.25) is 0 Å². The number of carbonyl (C=O) groups excluding carboxylic acids is 1. The Morgan fingerprint density at radius 2 is 1.83 bits per heavy atom. The Morgan fingerprint density at radius 1 is 1.09 bits per heavy atom. The van der Waals surface area contributed by atoms with Gasteiger partial charge >= 0.3 is 6.03 Å². The van der Waals surface area contributed by atoms with Gasteiger partial charge in [0.15, 0.2) is 0 Å². The van der Waals surface area contributed by atoms with Gasteiger partial charge in [-0.2, -0.15) is 0 Å². The molecule has 122 valence electrons. The van der Waals surface area contributed by atoms with E-state index in [1.807, 2.05) is 30.3 Å². The molecule has 0 aliphatic carbocycles. The van der Waals surface area contributed by atoms with Crippen molar-refractivity contribution in [1.29, 1.82) is 0 Å². The molecule has 0 spiro atoms. The number of amides is 2. The Balaban J connectivity index is 1.78. The summed E-state index contributed by atoms with van der Waals surface area (Å²) in [6, 6.07) is 11.0. The summed E-state index contributed by atoms with van der Waals surface area (Å²) in [5, 5.41) is 5.61. The summed E-state index contributed by atoms with van der Waals surface area (Å²) in [5.74, 6) is 1.38. The first-order valence-electron chi connectivity index (χ1n) is 7.35. The smallest absolute Gasteiger partial charge is 0.315 e. The zero-order valence-electron chi connectivity index (χ0n) is 13.3. The first kappa shape index (κ1) is 16.6. The van der Waals surface area contributed by atoms with Gasteiger partial charge in [-0.3, -0.25) is 4.98 Å². The van der Waals surface area contributed by atoms with Gasteiger partial charge in [0.05, 0.1) is 14.2 Å². The highest BCUT2D eigenvalue weighted by molar-refractivity contribution is 5.73. The molecule has 6 heteroatoms. The molecular weight excluding hydrogens is 294 g/mol. The predicted molar refractivity (Wildman–Crippen MR) is 87.7 cm³/mol. The van der Waals surface area contributed by atoms with Crippen LogP contribution in [0.5, 0.6) is 11.5 Å². The lowest BCUT2D eigenvalue weighted by molar-refractivity contribution is 0.240.